The van der Waals surface area contributed by atoms with Crippen molar-refractivity contribution in [3.63, 3.8) is 0 Å². The zero-order chi connectivity index (χ0) is 9.26. The first-order chi connectivity index (χ1) is 6.27. The largest absolute Gasteiger partial charge is 0.310 e. The lowest BCUT2D eigenvalue weighted by Gasteiger charge is -2.06. The fourth-order valence-corrected chi connectivity index (χ4v) is 1.46. The molecule has 1 nitrogen and oxygen atoms in total. The lowest BCUT2D eigenvalue weighted by molar-refractivity contribution is 0.587. The summed E-state index contributed by atoms with van der Waals surface area (Å²) in [6.07, 6.45) is 2.40. The molecule has 0 heterocycles. The van der Waals surface area contributed by atoms with Gasteiger partial charge in [-0.3, -0.25) is 0 Å². The summed E-state index contributed by atoms with van der Waals surface area (Å²) in [7, 11) is 0. The number of hydrogen-bond acceptors (Lipinski definition) is 1. The highest BCUT2D eigenvalue weighted by Gasteiger charge is 2.21. The Balaban J connectivity index is 2.07. The Kier molecular flexibility index (Phi) is 2.51. The van der Waals surface area contributed by atoms with E-state index in [0.717, 1.165) is 0 Å². The quantitative estimate of drug-likeness (QED) is 0.790. The van der Waals surface area contributed by atoms with Gasteiger partial charge < -0.3 is 5.32 Å². The van der Waals surface area contributed by atoms with Crippen molar-refractivity contribution in [2.45, 2.75) is 25.4 Å². The van der Waals surface area contributed by atoms with Crippen LogP contribution in [0.15, 0.2) is 18.2 Å². The van der Waals surface area contributed by atoms with Gasteiger partial charge in [0.25, 0.3) is 0 Å². The number of rotatable bonds is 3. The number of nitrogens with one attached hydrogen (secondary N) is 1. The third-order valence-electron chi connectivity index (χ3n) is 2.21. The van der Waals surface area contributed by atoms with Gasteiger partial charge in [0.2, 0.25) is 0 Å². The van der Waals surface area contributed by atoms with E-state index < -0.39 is 0 Å². The molecule has 70 valence electrons. The molecule has 1 saturated carbocycles. The van der Waals surface area contributed by atoms with Crippen LogP contribution in [0.4, 0.5) is 4.39 Å². The van der Waals surface area contributed by atoms with E-state index in [-0.39, 0.29) is 5.82 Å². The molecular formula is C10H11ClFN. The second-order valence-corrected chi connectivity index (χ2v) is 3.76. The van der Waals surface area contributed by atoms with Crippen molar-refractivity contribution in [2.75, 3.05) is 0 Å². The number of benzene rings is 1. The maximum absolute atomic E-state index is 13.2. The van der Waals surface area contributed by atoms with Crippen LogP contribution in [-0.2, 0) is 6.54 Å². The zero-order valence-electron chi connectivity index (χ0n) is 7.19. The third-order valence-corrected chi connectivity index (χ3v) is 2.56. The molecule has 3 heteroatoms. The minimum Gasteiger partial charge on any atom is -0.310 e. The molecule has 1 fully saturated rings. The number of hydrogen-bond donors (Lipinski definition) is 1. The first-order valence-electron chi connectivity index (χ1n) is 4.43. The van der Waals surface area contributed by atoms with Crippen molar-refractivity contribution in [2.24, 2.45) is 0 Å². The zero-order valence-corrected chi connectivity index (χ0v) is 7.94. The Morgan fingerprint density at radius 1 is 1.46 bits per heavy atom. The highest BCUT2D eigenvalue weighted by atomic mass is 35.5. The Morgan fingerprint density at radius 2 is 2.23 bits per heavy atom. The molecule has 0 unspecified atom stereocenters. The molecule has 2 rings (SSSR count). The van der Waals surface area contributed by atoms with E-state index >= 15 is 0 Å². The molecule has 0 aliphatic heterocycles. The molecule has 1 aliphatic carbocycles. The van der Waals surface area contributed by atoms with Crippen LogP contribution in [0.2, 0.25) is 5.02 Å². The highest BCUT2D eigenvalue weighted by molar-refractivity contribution is 6.31. The average Bonchev–Trinajstić information content (AvgIpc) is 2.87. The molecule has 0 saturated heterocycles. The topological polar surface area (TPSA) is 12.0 Å². The van der Waals surface area contributed by atoms with Crippen molar-refractivity contribution < 1.29 is 4.39 Å². The van der Waals surface area contributed by atoms with Gasteiger partial charge in [0.15, 0.2) is 0 Å². The predicted molar refractivity (Wildman–Crippen MR) is 51.3 cm³/mol. The summed E-state index contributed by atoms with van der Waals surface area (Å²) >= 11 is 5.85. The minimum atomic E-state index is -0.222. The Hall–Kier alpha value is -0.600. The van der Waals surface area contributed by atoms with Crippen molar-refractivity contribution in [1.29, 1.82) is 0 Å². The van der Waals surface area contributed by atoms with Gasteiger partial charge in [-0.15, -0.1) is 0 Å². The van der Waals surface area contributed by atoms with Crippen LogP contribution in [0, 0.1) is 5.82 Å². The van der Waals surface area contributed by atoms with Crippen LogP contribution < -0.4 is 5.32 Å². The van der Waals surface area contributed by atoms with E-state index in [0.29, 0.717) is 23.2 Å². The monoisotopic (exact) mass is 199 g/mol. The second-order valence-electron chi connectivity index (χ2n) is 3.36. The lowest BCUT2D eigenvalue weighted by atomic mass is 10.2. The molecule has 0 radical (unpaired) electrons. The van der Waals surface area contributed by atoms with Gasteiger partial charge in [0.1, 0.15) is 5.82 Å². The Morgan fingerprint density at radius 3 is 2.85 bits per heavy atom. The molecule has 1 aliphatic rings. The summed E-state index contributed by atoms with van der Waals surface area (Å²) in [4.78, 5) is 0. The SMILES string of the molecule is Fc1cccc(Cl)c1CNC1CC1. The van der Waals surface area contributed by atoms with Gasteiger partial charge in [-0.1, -0.05) is 17.7 Å². The fourth-order valence-electron chi connectivity index (χ4n) is 1.24. The normalized spacial score (nSPS) is 16.2. The molecule has 0 spiro atoms. The van der Waals surface area contributed by atoms with E-state index in [1.807, 2.05) is 0 Å². The Bertz CT molecular complexity index is 290. The summed E-state index contributed by atoms with van der Waals surface area (Å²) < 4.78 is 13.2. The fraction of sp³-hybridized carbons (Fsp3) is 0.400. The molecule has 0 amide bonds. The van der Waals surface area contributed by atoms with Crippen LogP contribution >= 0.6 is 11.6 Å². The van der Waals surface area contributed by atoms with Gasteiger partial charge in [0.05, 0.1) is 0 Å². The molecule has 0 aromatic heterocycles. The predicted octanol–water partition coefficient (Wildman–Crippen LogP) is 2.73. The van der Waals surface area contributed by atoms with Crippen LogP contribution in [0.1, 0.15) is 18.4 Å². The third kappa shape index (κ3) is 2.20. The Labute approximate surface area is 81.9 Å². The van der Waals surface area contributed by atoms with Gasteiger partial charge >= 0.3 is 0 Å². The van der Waals surface area contributed by atoms with E-state index in [4.69, 9.17) is 11.6 Å². The number of halogens is 2. The van der Waals surface area contributed by atoms with Crippen molar-refractivity contribution in [3.05, 3.63) is 34.6 Å². The molecule has 0 bridgehead atoms. The summed E-state index contributed by atoms with van der Waals surface area (Å²) in [5.41, 5.74) is 0.580. The van der Waals surface area contributed by atoms with Crippen molar-refractivity contribution >= 4 is 11.6 Å². The summed E-state index contributed by atoms with van der Waals surface area (Å²) in [5, 5.41) is 3.74. The van der Waals surface area contributed by atoms with Gasteiger partial charge in [-0.05, 0) is 25.0 Å². The van der Waals surface area contributed by atoms with Crippen LogP contribution in [0.25, 0.3) is 0 Å². The van der Waals surface area contributed by atoms with E-state index in [1.54, 1.807) is 12.1 Å². The lowest BCUT2D eigenvalue weighted by Crippen LogP contribution is -2.16. The van der Waals surface area contributed by atoms with Crippen LogP contribution in [0.3, 0.4) is 0 Å². The first-order valence-corrected chi connectivity index (χ1v) is 4.81. The first kappa shape index (κ1) is 8.97. The van der Waals surface area contributed by atoms with Crippen LogP contribution in [-0.4, -0.2) is 6.04 Å². The van der Waals surface area contributed by atoms with Gasteiger partial charge in [0, 0.05) is 23.2 Å². The summed E-state index contributed by atoms with van der Waals surface area (Å²) in [5.74, 6) is -0.222. The highest BCUT2D eigenvalue weighted by Crippen LogP contribution is 2.22. The van der Waals surface area contributed by atoms with Gasteiger partial charge in [-0.25, -0.2) is 4.39 Å². The molecular weight excluding hydrogens is 189 g/mol. The van der Waals surface area contributed by atoms with E-state index in [1.165, 1.54) is 18.9 Å². The standard InChI is InChI=1S/C10H11ClFN/c11-9-2-1-3-10(12)8(9)6-13-7-4-5-7/h1-3,7,13H,4-6H2. The van der Waals surface area contributed by atoms with E-state index in [2.05, 4.69) is 5.32 Å². The maximum atomic E-state index is 13.2. The van der Waals surface area contributed by atoms with Crippen molar-refractivity contribution in [1.82, 2.24) is 5.32 Å². The molecule has 1 aromatic rings. The van der Waals surface area contributed by atoms with Crippen LogP contribution in [0.5, 0.6) is 0 Å². The molecule has 13 heavy (non-hydrogen) atoms. The maximum Gasteiger partial charge on any atom is 0.129 e. The second kappa shape index (κ2) is 3.64. The summed E-state index contributed by atoms with van der Waals surface area (Å²) in [6, 6.07) is 5.36. The van der Waals surface area contributed by atoms with E-state index in [9.17, 15) is 4.39 Å². The molecule has 1 aromatic carbocycles. The summed E-state index contributed by atoms with van der Waals surface area (Å²) in [6.45, 7) is 0.538. The molecule has 0 atom stereocenters. The molecule has 1 N–H and O–H groups in total. The average molecular weight is 200 g/mol. The van der Waals surface area contributed by atoms with Gasteiger partial charge in [-0.2, -0.15) is 0 Å². The smallest absolute Gasteiger partial charge is 0.129 e. The van der Waals surface area contributed by atoms with Crippen molar-refractivity contribution in [3.8, 4) is 0 Å². The minimum absolute atomic E-state index is 0.222.